The van der Waals surface area contributed by atoms with Crippen molar-refractivity contribution in [2.75, 3.05) is 33.4 Å². The van der Waals surface area contributed by atoms with E-state index in [4.69, 9.17) is 9.47 Å². The summed E-state index contributed by atoms with van der Waals surface area (Å²) in [6.45, 7) is 4.30. The Hall–Kier alpha value is -2.93. The highest BCUT2D eigenvalue weighted by Gasteiger charge is 2.22. The maximum Gasteiger partial charge on any atom is 0.257 e. The minimum atomic E-state index is -0.0365. The first-order valence-corrected chi connectivity index (χ1v) is 8.54. The minimum absolute atomic E-state index is 0.0365. The molecule has 0 bridgehead atoms. The van der Waals surface area contributed by atoms with Crippen molar-refractivity contribution < 1.29 is 14.3 Å². The third-order valence-electron chi connectivity index (χ3n) is 4.56. The molecule has 0 radical (unpaired) electrons. The Balaban J connectivity index is 1.69. The zero-order chi connectivity index (χ0) is 18.1. The number of hydrogen-bond donors (Lipinski definition) is 0. The van der Waals surface area contributed by atoms with Crippen LogP contribution in [0.1, 0.15) is 16.1 Å². The van der Waals surface area contributed by atoms with Crippen LogP contribution in [0, 0.1) is 6.92 Å². The van der Waals surface area contributed by atoms with E-state index in [0.717, 1.165) is 22.6 Å². The Kier molecular flexibility index (Phi) is 4.30. The summed E-state index contributed by atoms with van der Waals surface area (Å²) in [5, 5.41) is 4.63. The van der Waals surface area contributed by atoms with Crippen molar-refractivity contribution >= 4 is 11.6 Å². The van der Waals surface area contributed by atoms with E-state index in [0.29, 0.717) is 37.6 Å². The second kappa shape index (κ2) is 6.76. The second-order valence-corrected chi connectivity index (χ2v) is 6.21. The summed E-state index contributed by atoms with van der Waals surface area (Å²) >= 11 is 0. The van der Waals surface area contributed by atoms with Gasteiger partial charge in [-0.15, -0.1) is 0 Å². The summed E-state index contributed by atoms with van der Waals surface area (Å²) in [5.74, 6) is 0.508. The SMILES string of the molecule is COc1cc(-c2ccc3ncc(C)n3n2)ccc1C(=O)N1CCOCC1. The maximum atomic E-state index is 12.8. The molecule has 0 aliphatic carbocycles. The quantitative estimate of drug-likeness (QED) is 0.723. The number of carbonyl (C=O) groups is 1. The molecule has 1 aliphatic rings. The number of hydrogen-bond acceptors (Lipinski definition) is 5. The van der Waals surface area contributed by atoms with Gasteiger partial charge in [0.1, 0.15) is 5.75 Å². The lowest BCUT2D eigenvalue weighted by molar-refractivity contribution is 0.0301. The number of morpholine rings is 1. The van der Waals surface area contributed by atoms with Gasteiger partial charge in [0, 0.05) is 18.7 Å². The van der Waals surface area contributed by atoms with Crippen molar-refractivity contribution in [2.24, 2.45) is 0 Å². The number of amides is 1. The van der Waals surface area contributed by atoms with E-state index in [9.17, 15) is 4.79 Å². The number of rotatable bonds is 3. The number of fused-ring (bicyclic) bond motifs is 1. The lowest BCUT2D eigenvalue weighted by atomic mass is 10.1. The molecule has 3 heterocycles. The predicted octanol–water partition coefficient (Wildman–Crippen LogP) is 2.19. The molecule has 0 saturated carbocycles. The summed E-state index contributed by atoms with van der Waals surface area (Å²) in [5.41, 5.74) is 4.00. The molecule has 0 unspecified atom stereocenters. The third-order valence-corrected chi connectivity index (χ3v) is 4.56. The molecule has 1 aromatic carbocycles. The monoisotopic (exact) mass is 352 g/mol. The van der Waals surface area contributed by atoms with E-state index in [1.165, 1.54) is 0 Å². The minimum Gasteiger partial charge on any atom is -0.496 e. The highest BCUT2D eigenvalue weighted by atomic mass is 16.5. The van der Waals surface area contributed by atoms with Gasteiger partial charge in [-0.05, 0) is 31.2 Å². The molecule has 26 heavy (non-hydrogen) atoms. The standard InChI is InChI=1S/C19H20N4O3/c1-13-12-20-18-6-5-16(21-23(13)18)14-3-4-15(17(11-14)25-2)19(24)22-7-9-26-10-8-22/h3-6,11-12H,7-10H2,1-2H3. The number of aryl methyl sites for hydroxylation is 1. The van der Waals surface area contributed by atoms with Crippen LogP contribution < -0.4 is 4.74 Å². The molecule has 0 N–H and O–H groups in total. The van der Waals surface area contributed by atoms with Crippen molar-refractivity contribution in [3.63, 3.8) is 0 Å². The highest BCUT2D eigenvalue weighted by Crippen LogP contribution is 2.27. The molecule has 0 spiro atoms. The average Bonchev–Trinajstić information content (AvgIpc) is 3.08. The molecule has 134 valence electrons. The summed E-state index contributed by atoms with van der Waals surface area (Å²) in [6.07, 6.45) is 1.79. The largest absolute Gasteiger partial charge is 0.496 e. The molecule has 7 nitrogen and oxygen atoms in total. The van der Waals surface area contributed by atoms with Crippen LogP contribution in [0.5, 0.6) is 5.75 Å². The maximum absolute atomic E-state index is 12.8. The van der Waals surface area contributed by atoms with E-state index >= 15 is 0 Å². The summed E-state index contributed by atoms with van der Waals surface area (Å²) in [7, 11) is 1.58. The van der Waals surface area contributed by atoms with Gasteiger partial charge >= 0.3 is 0 Å². The lowest BCUT2D eigenvalue weighted by Gasteiger charge is -2.27. The smallest absolute Gasteiger partial charge is 0.257 e. The lowest BCUT2D eigenvalue weighted by Crippen LogP contribution is -2.40. The zero-order valence-corrected chi connectivity index (χ0v) is 14.8. The molecule has 3 aromatic rings. The fourth-order valence-electron chi connectivity index (χ4n) is 3.11. The highest BCUT2D eigenvalue weighted by molar-refractivity contribution is 5.97. The number of nitrogens with zero attached hydrogens (tertiary/aromatic N) is 4. The fourth-order valence-corrected chi connectivity index (χ4v) is 3.11. The first-order chi connectivity index (χ1) is 12.7. The number of benzene rings is 1. The third kappa shape index (κ3) is 2.90. The Labute approximate surface area is 151 Å². The fraction of sp³-hybridized carbons (Fsp3) is 0.316. The number of imidazole rings is 1. The van der Waals surface area contributed by atoms with E-state index < -0.39 is 0 Å². The van der Waals surface area contributed by atoms with Crippen molar-refractivity contribution in [3.05, 3.63) is 47.8 Å². The Morgan fingerprint density at radius 3 is 2.77 bits per heavy atom. The first kappa shape index (κ1) is 16.5. The van der Waals surface area contributed by atoms with E-state index in [1.807, 2.05) is 31.2 Å². The molecule has 1 amide bonds. The van der Waals surface area contributed by atoms with Crippen LogP contribution in [0.3, 0.4) is 0 Å². The van der Waals surface area contributed by atoms with Gasteiger partial charge < -0.3 is 14.4 Å². The van der Waals surface area contributed by atoms with Gasteiger partial charge in [-0.1, -0.05) is 6.07 Å². The predicted molar refractivity (Wildman–Crippen MR) is 96.4 cm³/mol. The Morgan fingerprint density at radius 2 is 2.00 bits per heavy atom. The molecule has 1 aliphatic heterocycles. The number of aromatic nitrogens is 3. The van der Waals surface area contributed by atoms with Crippen molar-refractivity contribution in [2.45, 2.75) is 6.92 Å². The number of methoxy groups -OCH3 is 1. The van der Waals surface area contributed by atoms with Crippen LogP contribution in [0.25, 0.3) is 16.9 Å². The average molecular weight is 352 g/mol. The zero-order valence-electron chi connectivity index (χ0n) is 14.8. The molecule has 2 aromatic heterocycles. The summed E-state index contributed by atoms with van der Waals surface area (Å²) in [6, 6.07) is 9.40. The second-order valence-electron chi connectivity index (χ2n) is 6.21. The van der Waals surface area contributed by atoms with Crippen LogP contribution in [-0.4, -0.2) is 58.8 Å². The topological polar surface area (TPSA) is 69.0 Å². The molecule has 7 heteroatoms. The molecule has 0 atom stereocenters. The van der Waals surface area contributed by atoms with E-state index in [2.05, 4.69) is 10.1 Å². The van der Waals surface area contributed by atoms with Gasteiger partial charge in [0.2, 0.25) is 0 Å². The molecule has 4 rings (SSSR count). The van der Waals surface area contributed by atoms with Crippen molar-refractivity contribution in [1.82, 2.24) is 19.5 Å². The van der Waals surface area contributed by atoms with Gasteiger partial charge in [0.25, 0.3) is 5.91 Å². The van der Waals surface area contributed by atoms with Gasteiger partial charge in [-0.25, -0.2) is 9.50 Å². The summed E-state index contributed by atoms with van der Waals surface area (Å²) in [4.78, 5) is 18.9. The van der Waals surface area contributed by atoms with Crippen LogP contribution in [0.4, 0.5) is 0 Å². The van der Waals surface area contributed by atoms with Gasteiger partial charge in [0.15, 0.2) is 5.65 Å². The van der Waals surface area contributed by atoms with E-state index in [-0.39, 0.29) is 5.91 Å². The van der Waals surface area contributed by atoms with Crippen LogP contribution >= 0.6 is 0 Å². The Bertz CT molecular complexity index is 961. The van der Waals surface area contributed by atoms with Gasteiger partial charge in [0.05, 0.1) is 43.5 Å². The van der Waals surface area contributed by atoms with Crippen LogP contribution in [0.15, 0.2) is 36.5 Å². The van der Waals surface area contributed by atoms with Gasteiger partial charge in [-0.3, -0.25) is 4.79 Å². The van der Waals surface area contributed by atoms with E-state index in [1.54, 1.807) is 28.8 Å². The molecule has 1 fully saturated rings. The molecule has 1 saturated heterocycles. The van der Waals surface area contributed by atoms with Crippen molar-refractivity contribution in [3.8, 4) is 17.0 Å². The van der Waals surface area contributed by atoms with Crippen LogP contribution in [0.2, 0.25) is 0 Å². The Morgan fingerprint density at radius 1 is 1.19 bits per heavy atom. The summed E-state index contributed by atoms with van der Waals surface area (Å²) < 4.78 is 12.6. The van der Waals surface area contributed by atoms with Crippen LogP contribution in [-0.2, 0) is 4.74 Å². The number of carbonyl (C=O) groups excluding carboxylic acids is 1. The number of ether oxygens (including phenoxy) is 2. The van der Waals surface area contributed by atoms with Crippen molar-refractivity contribution in [1.29, 1.82) is 0 Å². The van der Waals surface area contributed by atoms with Gasteiger partial charge in [-0.2, -0.15) is 5.10 Å². The molecular formula is C19H20N4O3. The normalized spacial score (nSPS) is 14.6. The molecular weight excluding hydrogens is 332 g/mol. The first-order valence-electron chi connectivity index (χ1n) is 8.54.